The molecule has 0 radical (unpaired) electrons. The normalized spacial score (nSPS) is 28.9. The maximum Gasteiger partial charge on any atom is 0.329 e. The van der Waals surface area contributed by atoms with Crippen LogP contribution in [0.4, 0.5) is 5.69 Å². The summed E-state index contributed by atoms with van der Waals surface area (Å²) in [5.74, 6) is -0.349. The van der Waals surface area contributed by atoms with Gasteiger partial charge in [-0.05, 0) is 54.9 Å². The molecule has 1 aliphatic rings. The van der Waals surface area contributed by atoms with Gasteiger partial charge in [-0.25, -0.2) is 4.79 Å². The SMILES string of the molecule is CC1CC(C)(C)CC(Nc2ccc(Br)cc2)(C(=O)O)C1. The third-order valence-electron chi connectivity index (χ3n) is 4.02. The van der Waals surface area contributed by atoms with Gasteiger partial charge < -0.3 is 10.4 Å². The van der Waals surface area contributed by atoms with Crippen molar-refractivity contribution in [1.29, 1.82) is 0 Å². The average Bonchev–Trinajstić information content (AvgIpc) is 2.29. The van der Waals surface area contributed by atoms with Crippen LogP contribution in [0.3, 0.4) is 0 Å². The molecule has 4 heteroatoms. The molecule has 0 bridgehead atoms. The van der Waals surface area contributed by atoms with Crippen LogP contribution in [0.15, 0.2) is 28.7 Å². The zero-order valence-electron chi connectivity index (χ0n) is 12.2. The van der Waals surface area contributed by atoms with Crippen molar-refractivity contribution in [2.45, 2.75) is 45.6 Å². The standard InChI is InChI=1S/C16H22BrNO2/c1-11-8-15(2,3)10-16(9-11,14(19)20)18-13-6-4-12(17)5-7-13/h4-7,11,18H,8-10H2,1-3H3,(H,19,20). The molecule has 2 N–H and O–H groups in total. The zero-order chi connectivity index (χ0) is 15.0. The van der Waals surface area contributed by atoms with Gasteiger partial charge in [0.25, 0.3) is 0 Å². The summed E-state index contributed by atoms with van der Waals surface area (Å²) in [6.07, 6.45) is 2.39. The Morgan fingerprint density at radius 1 is 1.30 bits per heavy atom. The number of hydrogen-bond donors (Lipinski definition) is 2. The highest BCUT2D eigenvalue weighted by molar-refractivity contribution is 9.10. The summed E-state index contributed by atoms with van der Waals surface area (Å²) < 4.78 is 0.991. The van der Waals surface area contributed by atoms with Crippen LogP contribution in [0, 0.1) is 11.3 Å². The number of benzene rings is 1. The summed E-state index contributed by atoms with van der Waals surface area (Å²) in [5.41, 5.74) is 0.0356. The van der Waals surface area contributed by atoms with Crippen LogP contribution in [0.1, 0.15) is 40.0 Å². The van der Waals surface area contributed by atoms with Gasteiger partial charge in [0.1, 0.15) is 5.54 Å². The van der Waals surface area contributed by atoms with E-state index in [-0.39, 0.29) is 5.41 Å². The highest BCUT2D eigenvalue weighted by Gasteiger charge is 2.48. The lowest BCUT2D eigenvalue weighted by Crippen LogP contribution is -2.53. The van der Waals surface area contributed by atoms with Crippen LogP contribution >= 0.6 is 15.9 Å². The minimum atomic E-state index is -0.866. The fourth-order valence-electron chi connectivity index (χ4n) is 3.69. The van der Waals surface area contributed by atoms with E-state index >= 15 is 0 Å². The van der Waals surface area contributed by atoms with Crippen LogP contribution in [0.2, 0.25) is 0 Å². The largest absolute Gasteiger partial charge is 0.480 e. The van der Waals surface area contributed by atoms with Crippen molar-refractivity contribution in [3.05, 3.63) is 28.7 Å². The first kappa shape index (κ1) is 15.4. The van der Waals surface area contributed by atoms with Gasteiger partial charge in [0.2, 0.25) is 0 Å². The second-order valence-corrected chi connectivity index (χ2v) is 7.79. The van der Waals surface area contributed by atoms with Crippen LogP contribution in [-0.4, -0.2) is 16.6 Å². The average molecular weight is 340 g/mol. The van der Waals surface area contributed by atoms with Crippen molar-refractivity contribution in [3.63, 3.8) is 0 Å². The molecular weight excluding hydrogens is 318 g/mol. The number of halogens is 1. The van der Waals surface area contributed by atoms with Gasteiger partial charge in [-0.2, -0.15) is 0 Å². The molecule has 1 aromatic carbocycles. The van der Waals surface area contributed by atoms with Gasteiger partial charge in [0.05, 0.1) is 0 Å². The molecule has 0 amide bonds. The highest BCUT2D eigenvalue weighted by Crippen LogP contribution is 2.45. The molecule has 0 spiro atoms. The second kappa shape index (κ2) is 5.40. The van der Waals surface area contributed by atoms with E-state index in [2.05, 4.69) is 42.0 Å². The van der Waals surface area contributed by atoms with Gasteiger partial charge in [0, 0.05) is 10.2 Å². The Hall–Kier alpha value is -1.03. The quantitative estimate of drug-likeness (QED) is 0.850. The zero-order valence-corrected chi connectivity index (χ0v) is 13.8. The summed E-state index contributed by atoms with van der Waals surface area (Å²) >= 11 is 3.40. The molecule has 0 aromatic heterocycles. The van der Waals surface area contributed by atoms with Crippen LogP contribution in [-0.2, 0) is 4.79 Å². The fourth-order valence-corrected chi connectivity index (χ4v) is 3.96. The van der Waals surface area contributed by atoms with E-state index in [0.717, 1.165) is 16.6 Å². The number of anilines is 1. The Morgan fingerprint density at radius 2 is 1.90 bits per heavy atom. The third-order valence-corrected chi connectivity index (χ3v) is 4.54. The number of rotatable bonds is 3. The van der Waals surface area contributed by atoms with Gasteiger partial charge >= 0.3 is 5.97 Å². The van der Waals surface area contributed by atoms with Crippen LogP contribution in [0.5, 0.6) is 0 Å². The molecule has 1 aromatic rings. The predicted octanol–water partition coefficient (Wildman–Crippen LogP) is 4.53. The van der Waals surface area contributed by atoms with Crippen molar-refractivity contribution in [2.24, 2.45) is 11.3 Å². The Labute approximate surface area is 128 Å². The van der Waals surface area contributed by atoms with E-state index in [0.29, 0.717) is 18.8 Å². The molecular formula is C16H22BrNO2. The van der Waals surface area contributed by atoms with E-state index in [1.165, 1.54) is 0 Å². The minimum absolute atomic E-state index is 0.0401. The maximum absolute atomic E-state index is 11.9. The molecule has 0 heterocycles. The number of aliphatic carboxylic acids is 1. The topological polar surface area (TPSA) is 49.3 Å². The molecule has 1 fully saturated rings. The van der Waals surface area contributed by atoms with E-state index in [4.69, 9.17) is 0 Å². The molecule has 20 heavy (non-hydrogen) atoms. The Morgan fingerprint density at radius 3 is 2.40 bits per heavy atom. The Balaban J connectivity index is 2.30. The summed E-state index contributed by atoms with van der Waals surface area (Å²) in [6, 6.07) is 7.69. The van der Waals surface area contributed by atoms with Crippen molar-refractivity contribution in [1.82, 2.24) is 0 Å². The van der Waals surface area contributed by atoms with Gasteiger partial charge in [-0.3, -0.25) is 0 Å². The predicted molar refractivity (Wildman–Crippen MR) is 84.9 cm³/mol. The lowest BCUT2D eigenvalue weighted by atomic mass is 9.64. The Bertz CT molecular complexity index is 498. The van der Waals surface area contributed by atoms with E-state index in [1.807, 2.05) is 24.3 Å². The fraction of sp³-hybridized carbons (Fsp3) is 0.562. The summed E-state index contributed by atoms with van der Waals surface area (Å²) in [6.45, 7) is 6.45. The third kappa shape index (κ3) is 3.35. The van der Waals surface area contributed by atoms with E-state index in [1.54, 1.807) is 0 Å². The van der Waals surface area contributed by atoms with Crippen molar-refractivity contribution < 1.29 is 9.90 Å². The Kier molecular flexibility index (Phi) is 4.14. The first-order valence-electron chi connectivity index (χ1n) is 7.00. The number of carboxylic acids is 1. The summed E-state index contributed by atoms with van der Waals surface area (Å²) in [4.78, 5) is 11.9. The molecule has 1 saturated carbocycles. The molecule has 3 nitrogen and oxygen atoms in total. The molecule has 0 saturated heterocycles. The molecule has 1 aliphatic carbocycles. The van der Waals surface area contributed by atoms with Gasteiger partial charge in [0.15, 0.2) is 0 Å². The smallest absolute Gasteiger partial charge is 0.329 e. The van der Waals surface area contributed by atoms with Gasteiger partial charge in [-0.1, -0.05) is 36.7 Å². The number of nitrogens with one attached hydrogen (secondary N) is 1. The van der Waals surface area contributed by atoms with Crippen molar-refractivity contribution in [3.8, 4) is 0 Å². The van der Waals surface area contributed by atoms with Crippen LogP contribution in [0.25, 0.3) is 0 Å². The van der Waals surface area contributed by atoms with Crippen LogP contribution < -0.4 is 5.32 Å². The lowest BCUT2D eigenvalue weighted by molar-refractivity contribution is -0.145. The first-order valence-corrected chi connectivity index (χ1v) is 7.79. The van der Waals surface area contributed by atoms with Crippen molar-refractivity contribution >= 4 is 27.6 Å². The summed E-state index contributed by atoms with van der Waals surface area (Å²) in [7, 11) is 0. The second-order valence-electron chi connectivity index (χ2n) is 6.87. The monoisotopic (exact) mass is 339 g/mol. The van der Waals surface area contributed by atoms with E-state index in [9.17, 15) is 9.90 Å². The minimum Gasteiger partial charge on any atom is -0.480 e. The molecule has 2 unspecified atom stereocenters. The van der Waals surface area contributed by atoms with E-state index < -0.39 is 11.5 Å². The number of carbonyl (C=O) groups is 1. The first-order chi connectivity index (χ1) is 9.22. The highest BCUT2D eigenvalue weighted by atomic mass is 79.9. The maximum atomic E-state index is 11.9. The number of carboxylic acid groups (broad SMARTS) is 1. The lowest BCUT2D eigenvalue weighted by Gasteiger charge is -2.46. The molecule has 110 valence electrons. The molecule has 2 atom stereocenters. The summed E-state index contributed by atoms with van der Waals surface area (Å²) in [5, 5.41) is 13.1. The van der Waals surface area contributed by atoms with Crippen molar-refractivity contribution in [2.75, 3.05) is 5.32 Å². The van der Waals surface area contributed by atoms with Gasteiger partial charge in [-0.15, -0.1) is 0 Å². The number of hydrogen-bond acceptors (Lipinski definition) is 2. The molecule has 2 rings (SSSR count). The molecule has 0 aliphatic heterocycles.